The molecule has 0 aromatic heterocycles. The van der Waals surface area contributed by atoms with E-state index in [9.17, 15) is 9.59 Å². The molecule has 0 aliphatic heterocycles. The number of carbonyl (C=O) groups is 2. The van der Waals surface area contributed by atoms with Crippen LogP contribution >= 0.6 is 0 Å². The number of carbonyl (C=O) groups excluding carboxylic acids is 2. The maximum atomic E-state index is 11.9. The van der Waals surface area contributed by atoms with Gasteiger partial charge in [-0.05, 0) is 18.6 Å². The molecule has 0 spiro atoms. The predicted molar refractivity (Wildman–Crippen MR) is 71.2 cm³/mol. The third-order valence-corrected chi connectivity index (χ3v) is 2.36. The molecule has 1 rings (SSSR count). The van der Waals surface area contributed by atoms with Crippen LogP contribution in [0.25, 0.3) is 0 Å². The molecule has 100 valence electrons. The van der Waals surface area contributed by atoms with Gasteiger partial charge in [0.1, 0.15) is 6.61 Å². The highest BCUT2D eigenvalue weighted by molar-refractivity contribution is 5.96. The van der Waals surface area contributed by atoms with Crippen LogP contribution in [-0.2, 0) is 4.79 Å². The fourth-order valence-electron chi connectivity index (χ4n) is 1.48. The second-order valence-electron chi connectivity index (χ2n) is 3.83. The lowest BCUT2D eigenvalue weighted by Gasteiger charge is -2.06. The van der Waals surface area contributed by atoms with Gasteiger partial charge >= 0.3 is 0 Å². The van der Waals surface area contributed by atoms with E-state index in [-0.39, 0.29) is 24.8 Å². The first kappa shape index (κ1) is 14.7. The van der Waals surface area contributed by atoms with Crippen molar-refractivity contribution in [3.05, 3.63) is 35.4 Å². The standard InChI is InChI=1S/C14H16N2O3/c15-13(18)8-3-9-16-14(19)12-7-2-1-5-11(12)6-4-10-17/h1-2,5,7,17H,3,8-10H2,(H2,15,18)(H,16,19). The summed E-state index contributed by atoms with van der Waals surface area (Å²) in [5.41, 5.74) is 6.01. The number of rotatable bonds is 5. The number of nitrogens with two attached hydrogens (primary N) is 1. The number of hydrogen-bond donors (Lipinski definition) is 3. The molecule has 19 heavy (non-hydrogen) atoms. The van der Waals surface area contributed by atoms with Crippen LogP contribution in [0.4, 0.5) is 0 Å². The Bertz CT molecular complexity index is 515. The largest absolute Gasteiger partial charge is 0.384 e. The van der Waals surface area contributed by atoms with Gasteiger partial charge in [0.05, 0.1) is 5.56 Å². The van der Waals surface area contributed by atoms with Crippen LogP contribution in [0.5, 0.6) is 0 Å². The topological polar surface area (TPSA) is 92.4 Å². The first-order valence-electron chi connectivity index (χ1n) is 5.90. The van der Waals surface area contributed by atoms with Gasteiger partial charge in [0.25, 0.3) is 5.91 Å². The SMILES string of the molecule is NC(=O)CCCNC(=O)c1ccccc1C#CCO. The molecular formula is C14H16N2O3. The number of nitrogens with one attached hydrogen (secondary N) is 1. The minimum absolute atomic E-state index is 0.242. The van der Waals surface area contributed by atoms with E-state index >= 15 is 0 Å². The van der Waals surface area contributed by atoms with Crippen LogP contribution in [0.1, 0.15) is 28.8 Å². The zero-order valence-electron chi connectivity index (χ0n) is 10.5. The fraction of sp³-hybridized carbons (Fsp3) is 0.286. The third-order valence-electron chi connectivity index (χ3n) is 2.36. The van der Waals surface area contributed by atoms with Crippen molar-refractivity contribution >= 4 is 11.8 Å². The second kappa shape index (κ2) is 7.90. The minimum atomic E-state index is -0.386. The van der Waals surface area contributed by atoms with E-state index in [0.717, 1.165) is 0 Å². The Morgan fingerprint density at radius 1 is 1.32 bits per heavy atom. The van der Waals surface area contributed by atoms with Crippen LogP contribution in [-0.4, -0.2) is 30.1 Å². The second-order valence-corrected chi connectivity index (χ2v) is 3.83. The Hall–Kier alpha value is -2.32. The molecule has 0 aliphatic carbocycles. The summed E-state index contributed by atoms with van der Waals surface area (Å²) in [6.07, 6.45) is 0.748. The molecule has 0 saturated heterocycles. The molecule has 0 unspecified atom stereocenters. The molecule has 5 nitrogen and oxygen atoms in total. The molecule has 2 amide bonds. The van der Waals surface area contributed by atoms with E-state index in [1.807, 2.05) is 0 Å². The van der Waals surface area contributed by atoms with Crippen molar-refractivity contribution in [2.24, 2.45) is 5.73 Å². The van der Waals surface area contributed by atoms with Crippen LogP contribution in [0.2, 0.25) is 0 Å². The van der Waals surface area contributed by atoms with E-state index in [4.69, 9.17) is 10.8 Å². The first-order chi connectivity index (χ1) is 9.15. The maximum absolute atomic E-state index is 11.9. The molecule has 1 aromatic rings. The van der Waals surface area contributed by atoms with Gasteiger partial charge < -0.3 is 16.2 Å². The van der Waals surface area contributed by atoms with Gasteiger partial charge in [0, 0.05) is 18.5 Å². The molecular weight excluding hydrogens is 244 g/mol. The van der Waals surface area contributed by atoms with Gasteiger partial charge in [0.2, 0.25) is 5.91 Å². The van der Waals surface area contributed by atoms with Crippen molar-refractivity contribution in [3.8, 4) is 11.8 Å². The minimum Gasteiger partial charge on any atom is -0.384 e. The van der Waals surface area contributed by atoms with Crippen molar-refractivity contribution in [1.82, 2.24) is 5.32 Å². The molecule has 0 heterocycles. The lowest BCUT2D eigenvalue weighted by atomic mass is 10.1. The highest BCUT2D eigenvalue weighted by atomic mass is 16.2. The molecule has 4 N–H and O–H groups in total. The zero-order valence-corrected chi connectivity index (χ0v) is 10.5. The van der Waals surface area contributed by atoms with Crippen LogP contribution < -0.4 is 11.1 Å². The number of benzene rings is 1. The van der Waals surface area contributed by atoms with Crippen molar-refractivity contribution in [2.45, 2.75) is 12.8 Å². The number of aliphatic hydroxyl groups is 1. The molecule has 0 fully saturated rings. The molecule has 0 radical (unpaired) electrons. The average Bonchev–Trinajstić information content (AvgIpc) is 2.41. The first-order valence-corrected chi connectivity index (χ1v) is 5.90. The van der Waals surface area contributed by atoms with Gasteiger partial charge in [-0.15, -0.1) is 0 Å². The highest BCUT2D eigenvalue weighted by Crippen LogP contribution is 2.07. The van der Waals surface area contributed by atoms with Gasteiger partial charge in [-0.2, -0.15) is 0 Å². The van der Waals surface area contributed by atoms with E-state index in [0.29, 0.717) is 24.1 Å². The predicted octanol–water partition coefficient (Wildman–Crippen LogP) is 0.0257. The Morgan fingerprint density at radius 2 is 2.05 bits per heavy atom. The molecule has 0 atom stereocenters. The molecule has 0 aliphatic rings. The zero-order chi connectivity index (χ0) is 14.1. The van der Waals surface area contributed by atoms with Crippen molar-refractivity contribution < 1.29 is 14.7 Å². The van der Waals surface area contributed by atoms with Crippen LogP contribution in [0.15, 0.2) is 24.3 Å². The van der Waals surface area contributed by atoms with Crippen LogP contribution in [0.3, 0.4) is 0 Å². The van der Waals surface area contributed by atoms with Gasteiger partial charge in [-0.3, -0.25) is 9.59 Å². The van der Waals surface area contributed by atoms with Gasteiger partial charge in [-0.25, -0.2) is 0 Å². The van der Waals surface area contributed by atoms with Gasteiger partial charge in [0.15, 0.2) is 0 Å². The normalized spacial score (nSPS) is 9.32. The summed E-state index contributed by atoms with van der Waals surface area (Å²) < 4.78 is 0. The van der Waals surface area contributed by atoms with Crippen LogP contribution in [0, 0.1) is 11.8 Å². The Kier molecular flexibility index (Phi) is 6.13. The molecule has 0 bridgehead atoms. The highest BCUT2D eigenvalue weighted by Gasteiger charge is 2.08. The van der Waals surface area contributed by atoms with Crippen molar-refractivity contribution in [1.29, 1.82) is 0 Å². The Labute approximate surface area is 111 Å². The molecule has 0 saturated carbocycles. The number of amides is 2. The van der Waals surface area contributed by atoms with E-state index in [1.165, 1.54) is 0 Å². The number of primary amides is 1. The monoisotopic (exact) mass is 260 g/mol. The summed E-state index contributed by atoms with van der Waals surface area (Å²) in [6, 6.07) is 6.87. The number of hydrogen-bond acceptors (Lipinski definition) is 3. The third kappa shape index (κ3) is 5.23. The quantitative estimate of drug-likeness (QED) is 0.515. The van der Waals surface area contributed by atoms with Crippen molar-refractivity contribution in [2.75, 3.05) is 13.2 Å². The summed E-state index contributed by atoms with van der Waals surface area (Å²) in [7, 11) is 0. The van der Waals surface area contributed by atoms with E-state index < -0.39 is 0 Å². The summed E-state index contributed by atoms with van der Waals surface area (Å²) in [5, 5.41) is 11.4. The maximum Gasteiger partial charge on any atom is 0.252 e. The summed E-state index contributed by atoms with van der Waals surface area (Å²) in [4.78, 5) is 22.5. The molecule has 1 aromatic carbocycles. The Morgan fingerprint density at radius 3 is 2.74 bits per heavy atom. The summed E-state index contributed by atoms with van der Waals surface area (Å²) in [5.74, 6) is 4.58. The summed E-state index contributed by atoms with van der Waals surface area (Å²) >= 11 is 0. The van der Waals surface area contributed by atoms with E-state index in [1.54, 1.807) is 24.3 Å². The van der Waals surface area contributed by atoms with Crippen molar-refractivity contribution in [3.63, 3.8) is 0 Å². The Balaban J connectivity index is 2.63. The van der Waals surface area contributed by atoms with Gasteiger partial charge in [-0.1, -0.05) is 24.0 Å². The fourth-order valence-corrected chi connectivity index (χ4v) is 1.48. The average molecular weight is 260 g/mol. The smallest absolute Gasteiger partial charge is 0.252 e. The van der Waals surface area contributed by atoms with E-state index in [2.05, 4.69) is 17.2 Å². The number of aliphatic hydroxyl groups excluding tert-OH is 1. The molecule has 5 heteroatoms. The summed E-state index contributed by atoms with van der Waals surface area (Å²) in [6.45, 7) is 0.123. The lowest BCUT2D eigenvalue weighted by molar-refractivity contribution is -0.118. The lowest BCUT2D eigenvalue weighted by Crippen LogP contribution is -2.26.